The molecule has 0 bridgehead atoms. The molecule has 0 aliphatic heterocycles. The number of benzene rings is 1. The van der Waals surface area contributed by atoms with Gasteiger partial charge in [0.1, 0.15) is 0 Å². The first kappa shape index (κ1) is 14.3. The van der Waals surface area contributed by atoms with Crippen LogP contribution in [0.15, 0.2) is 42.0 Å². The molecule has 1 N–H and O–H groups in total. The second-order valence-corrected chi connectivity index (χ2v) is 6.14. The van der Waals surface area contributed by atoms with Gasteiger partial charge in [0.25, 0.3) is 0 Å². The van der Waals surface area contributed by atoms with E-state index in [4.69, 9.17) is 0 Å². The van der Waals surface area contributed by atoms with Crippen LogP contribution in [0, 0.1) is 11.8 Å². The van der Waals surface area contributed by atoms with Crippen LogP contribution in [0.4, 0.5) is 0 Å². The van der Waals surface area contributed by atoms with Gasteiger partial charge in [-0.05, 0) is 56.4 Å². The molecule has 3 unspecified atom stereocenters. The maximum absolute atomic E-state index is 10.4. The van der Waals surface area contributed by atoms with Crippen LogP contribution in [0.3, 0.4) is 0 Å². The Morgan fingerprint density at radius 1 is 1.26 bits per heavy atom. The SMILES string of the molecule is CC1=CC(C)CC(C(O)CCCc2ccccc2)C1. The van der Waals surface area contributed by atoms with Gasteiger partial charge in [-0.3, -0.25) is 0 Å². The number of allylic oxidation sites excluding steroid dienone is 2. The fourth-order valence-corrected chi connectivity index (χ4v) is 3.29. The van der Waals surface area contributed by atoms with E-state index >= 15 is 0 Å². The Morgan fingerprint density at radius 3 is 2.68 bits per heavy atom. The molecule has 2 rings (SSSR count). The molecule has 1 heteroatoms. The molecule has 0 spiro atoms. The van der Waals surface area contributed by atoms with Crippen molar-refractivity contribution in [2.45, 2.75) is 52.1 Å². The van der Waals surface area contributed by atoms with Crippen molar-refractivity contribution in [2.24, 2.45) is 11.8 Å². The molecule has 0 amide bonds. The molecule has 1 nitrogen and oxygen atoms in total. The zero-order valence-corrected chi connectivity index (χ0v) is 12.2. The highest BCUT2D eigenvalue weighted by atomic mass is 16.3. The molecular formula is C18H26O. The van der Waals surface area contributed by atoms with Gasteiger partial charge >= 0.3 is 0 Å². The average molecular weight is 258 g/mol. The summed E-state index contributed by atoms with van der Waals surface area (Å²) < 4.78 is 0. The highest BCUT2D eigenvalue weighted by Gasteiger charge is 2.24. The standard InChI is InChI=1S/C18H26O/c1-14-11-15(2)13-17(12-14)18(19)10-6-9-16-7-4-3-5-8-16/h3-5,7-8,11,14,17-19H,6,9-10,12-13H2,1-2H3. The van der Waals surface area contributed by atoms with Gasteiger partial charge in [-0.2, -0.15) is 0 Å². The monoisotopic (exact) mass is 258 g/mol. The van der Waals surface area contributed by atoms with Crippen molar-refractivity contribution in [2.75, 3.05) is 0 Å². The van der Waals surface area contributed by atoms with Crippen LogP contribution in [0.1, 0.15) is 45.1 Å². The van der Waals surface area contributed by atoms with E-state index in [9.17, 15) is 5.11 Å². The molecule has 19 heavy (non-hydrogen) atoms. The van der Waals surface area contributed by atoms with E-state index in [2.05, 4.69) is 50.3 Å². The molecule has 0 fully saturated rings. The van der Waals surface area contributed by atoms with Gasteiger partial charge in [0, 0.05) is 0 Å². The molecule has 1 aromatic carbocycles. The fraction of sp³-hybridized carbons (Fsp3) is 0.556. The maximum atomic E-state index is 10.4. The Labute approximate surface area is 117 Å². The van der Waals surface area contributed by atoms with Crippen LogP contribution in [-0.2, 0) is 6.42 Å². The highest BCUT2D eigenvalue weighted by molar-refractivity contribution is 5.14. The highest BCUT2D eigenvalue weighted by Crippen LogP contribution is 2.31. The van der Waals surface area contributed by atoms with Gasteiger partial charge in [0.05, 0.1) is 6.10 Å². The summed E-state index contributed by atoms with van der Waals surface area (Å²) >= 11 is 0. The fourth-order valence-electron chi connectivity index (χ4n) is 3.29. The smallest absolute Gasteiger partial charge is 0.0571 e. The molecule has 1 aliphatic rings. The zero-order chi connectivity index (χ0) is 13.7. The molecule has 0 saturated heterocycles. The summed E-state index contributed by atoms with van der Waals surface area (Å²) in [6, 6.07) is 10.6. The number of hydrogen-bond acceptors (Lipinski definition) is 1. The minimum atomic E-state index is -0.130. The minimum Gasteiger partial charge on any atom is -0.393 e. The van der Waals surface area contributed by atoms with Crippen molar-refractivity contribution in [1.29, 1.82) is 0 Å². The molecule has 0 radical (unpaired) electrons. The van der Waals surface area contributed by atoms with Crippen LogP contribution in [0.5, 0.6) is 0 Å². The summed E-state index contributed by atoms with van der Waals surface area (Å²) in [7, 11) is 0. The van der Waals surface area contributed by atoms with Gasteiger partial charge in [0.15, 0.2) is 0 Å². The number of aliphatic hydroxyl groups excluding tert-OH is 1. The van der Waals surface area contributed by atoms with Crippen molar-refractivity contribution < 1.29 is 5.11 Å². The Kier molecular flexibility index (Phi) is 5.21. The quantitative estimate of drug-likeness (QED) is 0.778. The van der Waals surface area contributed by atoms with Crippen LogP contribution in [0.25, 0.3) is 0 Å². The molecule has 0 heterocycles. The van der Waals surface area contributed by atoms with Crippen molar-refractivity contribution in [3.63, 3.8) is 0 Å². The lowest BCUT2D eigenvalue weighted by atomic mass is 9.79. The third-order valence-corrected chi connectivity index (χ3v) is 4.18. The summed E-state index contributed by atoms with van der Waals surface area (Å²) in [6.07, 6.45) is 7.54. The largest absolute Gasteiger partial charge is 0.393 e. The van der Waals surface area contributed by atoms with Crippen molar-refractivity contribution in [1.82, 2.24) is 0 Å². The van der Waals surface area contributed by atoms with Gasteiger partial charge in [-0.25, -0.2) is 0 Å². The third kappa shape index (κ3) is 4.50. The molecule has 0 saturated carbocycles. The molecule has 1 aliphatic carbocycles. The summed E-state index contributed by atoms with van der Waals surface area (Å²) in [4.78, 5) is 0. The van der Waals surface area contributed by atoms with Crippen LogP contribution in [0.2, 0.25) is 0 Å². The van der Waals surface area contributed by atoms with E-state index in [1.807, 2.05) is 0 Å². The average Bonchev–Trinajstić information content (AvgIpc) is 2.38. The lowest BCUT2D eigenvalue weighted by Crippen LogP contribution is -2.25. The molecule has 0 aromatic heterocycles. The molecule has 1 aromatic rings. The molecule has 3 atom stereocenters. The van der Waals surface area contributed by atoms with Crippen LogP contribution >= 0.6 is 0 Å². The lowest BCUT2D eigenvalue weighted by molar-refractivity contribution is 0.0832. The Bertz CT molecular complexity index is 407. The molecular weight excluding hydrogens is 232 g/mol. The minimum absolute atomic E-state index is 0.130. The summed E-state index contributed by atoms with van der Waals surface area (Å²) in [6.45, 7) is 4.45. The van der Waals surface area contributed by atoms with E-state index in [1.54, 1.807) is 0 Å². The predicted molar refractivity (Wildman–Crippen MR) is 81.0 cm³/mol. The van der Waals surface area contributed by atoms with E-state index in [0.29, 0.717) is 11.8 Å². The van der Waals surface area contributed by atoms with Crippen molar-refractivity contribution in [3.8, 4) is 0 Å². The first-order chi connectivity index (χ1) is 9.15. The summed E-state index contributed by atoms with van der Waals surface area (Å²) in [5, 5.41) is 10.4. The predicted octanol–water partition coefficient (Wildman–Crippen LogP) is 4.36. The Morgan fingerprint density at radius 2 is 2.00 bits per heavy atom. The number of aryl methyl sites for hydroxylation is 1. The van der Waals surface area contributed by atoms with E-state index in [0.717, 1.165) is 32.1 Å². The normalized spacial score (nSPS) is 24.9. The van der Waals surface area contributed by atoms with Gasteiger partial charge in [-0.1, -0.05) is 48.9 Å². The number of aliphatic hydroxyl groups is 1. The summed E-state index contributed by atoms with van der Waals surface area (Å²) in [5.74, 6) is 1.10. The Balaban J connectivity index is 1.76. The van der Waals surface area contributed by atoms with Gasteiger partial charge in [-0.15, -0.1) is 0 Å². The maximum Gasteiger partial charge on any atom is 0.0571 e. The van der Waals surface area contributed by atoms with Crippen molar-refractivity contribution >= 4 is 0 Å². The first-order valence-electron chi connectivity index (χ1n) is 7.54. The second kappa shape index (κ2) is 6.91. The van der Waals surface area contributed by atoms with Crippen molar-refractivity contribution in [3.05, 3.63) is 47.5 Å². The Hall–Kier alpha value is -1.08. The summed E-state index contributed by atoms with van der Waals surface area (Å²) in [5.41, 5.74) is 2.83. The van der Waals surface area contributed by atoms with Gasteiger partial charge < -0.3 is 5.11 Å². The zero-order valence-electron chi connectivity index (χ0n) is 12.2. The van der Waals surface area contributed by atoms with Crippen LogP contribution < -0.4 is 0 Å². The first-order valence-corrected chi connectivity index (χ1v) is 7.54. The van der Waals surface area contributed by atoms with E-state index in [-0.39, 0.29) is 6.10 Å². The third-order valence-electron chi connectivity index (χ3n) is 4.18. The van der Waals surface area contributed by atoms with Crippen LogP contribution in [-0.4, -0.2) is 11.2 Å². The van der Waals surface area contributed by atoms with Gasteiger partial charge in [0.2, 0.25) is 0 Å². The second-order valence-electron chi connectivity index (χ2n) is 6.14. The molecule has 104 valence electrons. The number of hydrogen-bond donors (Lipinski definition) is 1. The lowest BCUT2D eigenvalue weighted by Gasteiger charge is -2.29. The topological polar surface area (TPSA) is 20.2 Å². The number of rotatable bonds is 5. The van der Waals surface area contributed by atoms with E-state index < -0.39 is 0 Å². The van der Waals surface area contributed by atoms with E-state index in [1.165, 1.54) is 11.1 Å².